The molecule has 0 unspecified atom stereocenters. The van der Waals surface area contributed by atoms with Crippen LogP contribution in [-0.4, -0.2) is 61.9 Å². The zero-order valence-electron chi connectivity index (χ0n) is 15.7. The number of thiazole rings is 1. The van der Waals surface area contributed by atoms with Crippen LogP contribution >= 0.6 is 35.3 Å². The molecule has 4 rings (SSSR count). The van der Waals surface area contributed by atoms with E-state index in [0.717, 1.165) is 65.6 Å². The largest absolute Gasteiger partial charge is 0.306 e. The Balaban J connectivity index is 1.41. The highest BCUT2D eigenvalue weighted by molar-refractivity contribution is 8.00. The molecule has 0 aliphatic carbocycles. The monoisotopic (exact) mass is 420 g/mol. The van der Waals surface area contributed by atoms with Gasteiger partial charge in [-0.25, -0.2) is 9.67 Å². The molecule has 1 aliphatic rings. The number of piperazine rings is 1. The number of fused-ring (bicyclic) bond motifs is 1. The van der Waals surface area contributed by atoms with Crippen molar-refractivity contribution in [3.05, 3.63) is 34.9 Å². The van der Waals surface area contributed by atoms with Crippen molar-refractivity contribution in [2.24, 2.45) is 7.05 Å². The first-order valence-electron chi connectivity index (χ1n) is 9.20. The third-order valence-electron chi connectivity index (χ3n) is 4.98. The molecule has 0 amide bonds. The molecule has 0 spiro atoms. The molecule has 2 aromatic heterocycles. The molecule has 0 N–H and O–H groups in total. The van der Waals surface area contributed by atoms with E-state index in [9.17, 15) is 0 Å². The van der Waals surface area contributed by atoms with E-state index < -0.39 is 0 Å². The fourth-order valence-electron chi connectivity index (χ4n) is 3.23. The second kappa shape index (κ2) is 8.40. The summed E-state index contributed by atoms with van der Waals surface area (Å²) >= 11 is 9.08. The van der Waals surface area contributed by atoms with Gasteiger partial charge in [0.2, 0.25) is 0 Å². The molecule has 0 atom stereocenters. The lowest BCUT2D eigenvalue weighted by Gasteiger charge is -2.33. The first kappa shape index (κ1) is 19.1. The molecule has 144 valence electrons. The molecule has 0 bridgehead atoms. The van der Waals surface area contributed by atoms with Crippen LogP contribution in [0.25, 0.3) is 10.2 Å². The number of nitrogens with zero attached hydrogens (tertiary/aromatic N) is 6. The van der Waals surface area contributed by atoms with Gasteiger partial charge >= 0.3 is 0 Å². The van der Waals surface area contributed by atoms with Gasteiger partial charge in [0.25, 0.3) is 0 Å². The van der Waals surface area contributed by atoms with Crippen molar-refractivity contribution >= 4 is 45.5 Å². The Morgan fingerprint density at radius 1 is 1.15 bits per heavy atom. The Morgan fingerprint density at radius 3 is 2.63 bits per heavy atom. The van der Waals surface area contributed by atoms with Crippen LogP contribution < -0.4 is 0 Å². The van der Waals surface area contributed by atoms with Gasteiger partial charge < -0.3 is 9.47 Å². The van der Waals surface area contributed by atoms with Crippen molar-refractivity contribution in [1.82, 2.24) is 29.1 Å². The number of likely N-dealkylation sites (N-methyl/N-ethyl adjacent to an activating group) is 1. The first-order valence-corrected chi connectivity index (χ1v) is 11.4. The maximum absolute atomic E-state index is 5.62. The Morgan fingerprint density at radius 2 is 1.89 bits per heavy atom. The van der Waals surface area contributed by atoms with Gasteiger partial charge in [0.05, 0.1) is 22.6 Å². The summed E-state index contributed by atoms with van der Waals surface area (Å²) in [5.74, 6) is 1.77. The highest BCUT2D eigenvalue weighted by atomic mass is 32.2. The van der Waals surface area contributed by atoms with E-state index >= 15 is 0 Å². The number of hydrogen-bond acceptors (Lipinski definition) is 7. The fraction of sp³-hybridized carbons (Fsp3) is 0.500. The lowest BCUT2D eigenvalue weighted by molar-refractivity contribution is 0.106. The number of aromatic nitrogens is 4. The molecular weight excluding hydrogens is 396 g/mol. The molecule has 1 fully saturated rings. The zero-order valence-corrected chi connectivity index (χ0v) is 18.1. The third kappa shape index (κ3) is 4.27. The Bertz CT molecular complexity index is 934. The first-order chi connectivity index (χ1) is 13.1. The molecule has 27 heavy (non-hydrogen) atoms. The van der Waals surface area contributed by atoms with Gasteiger partial charge in [-0.15, -0.1) is 11.3 Å². The van der Waals surface area contributed by atoms with E-state index in [2.05, 4.69) is 34.9 Å². The van der Waals surface area contributed by atoms with E-state index in [-0.39, 0.29) is 0 Å². The zero-order chi connectivity index (χ0) is 18.8. The van der Waals surface area contributed by atoms with Gasteiger partial charge in [-0.2, -0.15) is 5.10 Å². The minimum atomic E-state index is 0.774. The summed E-state index contributed by atoms with van der Waals surface area (Å²) in [6.07, 6.45) is 0. The topological polar surface area (TPSA) is 42.1 Å². The van der Waals surface area contributed by atoms with Crippen LogP contribution in [0, 0.1) is 4.77 Å². The van der Waals surface area contributed by atoms with Crippen molar-refractivity contribution in [3.63, 3.8) is 0 Å². The minimum Gasteiger partial charge on any atom is -0.306 e. The Hall–Kier alpha value is -1.26. The summed E-state index contributed by atoms with van der Waals surface area (Å²) in [7, 11) is 2.01. The average Bonchev–Trinajstić information content (AvgIpc) is 3.23. The van der Waals surface area contributed by atoms with Crippen molar-refractivity contribution in [2.75, 3.05) is 32.7 Å². The molecule has 3 aromatic rings. The van der Waals surface area contributed by atoms with Crippen LogP contribution in [0.2, 0.25) is 0 Å². The lowest BCUT2D eigenvalue weighted by Crippen LogP contribution is -2.46. The minimum absolute atomic E-state index is 0.774. The predicted molar refractivity (Wildman–Crippen MR) is 115 cm³/mol. The molecule has 6 nitrogen and oxygen atoms in total. The number of thioether (sulfide) groups is 1. The second-order valence-corrected chi connectivity index (χ2v) is 9.31. The van der Waals surface area contributed by atoms with Crippen molar-refractivity contribution in [2.45, 2.75) is 23.7 Å². The summed E-state index contributed by atoms with van der Waals surface area (Å²) in [6.45, 7) is 8.51. The van der Waals surface area contributed by atoms with Crippen molar-refractivity contribution in [3.8, 4) is 0 Å². The van der Waals surface area contributed by atoms with Gasteiger partial charge in [-0.05, 0) is 30.9 Å². The van der Waals surface area contributed by atoms with Gasteiger partial charge in [-0.3, -0.25) is 4.90 Å². The smallest absolute Gasteiger partial charge is 0.198 e. The van der Waals surface area contributed by atoms with Crippen LogP contribution in [0.5, 0.6) is 0 Å². The highest BCUT2D eigenvalue weighted by Gasteiger charge is 2.17. The predicted octanol–water partition coefficient (Wildman–Crippen LogP) is 3.45. The molecule has 1 saturated heterocycles. The normalized spacial score (nSPS) is 16.4. The van der Waals surface area contributed by atoms with Crippen LogP contribution in [0.4, 0.5) is 0 Å². The number of benzene rings is 1. The van der Waals surface area contributed by atoms with Crippen LogP contribution in [0.3, 0.4) is 0 Å². The van der Waals surface area contributed by atoms with E-state index in [1.165, 1.54) is 4.70 Å². The van der Waals surface area contributed by atoms with Crippen LogP contribution in [-0.2, 0) is 19.5 Å². The highest BCUT2D eigenvalue weighted by Crippen LogP contribution is 2.31. The van der Waals surface area contributed by atoms with E-state index in [0.29, 0.717) is 0 Å². The molecule has 1 aromatic carbocycles. The molecule has 9 heteroatoms. The fourth-order valence-corrected chi connectivity index (χ4v) is 5.48. The van der Waals surface area contributed by atoms with Gasteiger partial charge in [0.15, 0.2) is 9.11 Å². The maximum atomic E-state index is 5.62. The summed E-state index contributed by atoms with van der Waals surface area (Å²) in [4.78, 5) is 9.60. The Labute approximate surface area is 172 Å². The summed E-state index contributed by atoms with van der Waals surface area (Å²) < 4.78 is 7.08. The third-order valence-corrected chi connectivity index (χ3v) is 7.64. The average molecular weight is 421 g/mol. The van der Waals surface area contributed by atoms with Crippen LogP contribution in [0.1, 0.15) is 12.7 Å². The second-order valence-electron chi connectivity index (χ2n) is 6.69. The van der Waals surface area contributed by atoms with Crippen molar-refractivity contribution < 1.29 is 0 Å². The Kier molecular flexibility index (Phi) is 5.93. The molecule has 0 saturated carbocycles. The number of hydrogen-bond donors (Lipinski definition) is 0. The maximum Gasteiger partial charge on any atom is 0.198 e. The lowest BCUT2D eigenvalue weighted by atomic mass is 10.3. The standard InChI is InChI=1S/C18H24N6S3/c1-3-22-8-10-23(11-9-22)13-24-18(25)21(2)16(20-24)12-26-17-19-14-6-4-5-7-15(14)27-17/h4-7H,3,8-13H2,1-2H3. The summed E-state index contributed by atoms with van der Waals surface area (Å²) in [5.41, 5.74) is 1.06. The molecular formula is C18H24N6S3. The van der Waals surface area contributed by atoms with Crippen molar-refractivity contribution in [1.29, 1.82) is 0 Å². The summed E-state index contributed by atoms with van der Waals surface area (Å²) in [5, 5.41) is 4.79. The molecule has 3 heterocycles. The van der Waals surface area contributed by atoms with E-state index in [4.69, 9.17) is 22.3 Å². The van der Waals surface area contributed by atoms with E-state index in [1.54, 1.807) is 23.1 Å². The SMILES string of the molecule is CCN1CCN(Cn2nc(CSc3nc4ccccc4s3)n(C)c2=S)CC1. The number of rotatable bonds is 6. The van der Waals surface area contributed by atoms with E-state index in [1.807, 2.05) is 22.4 Å². The summed E-state index contributed by atoms with van der Waals surface area (Å²) in [6, 6.07) is 8.26. The number of para-hydroxylation sites is 1. The molecule has 1 aliphatic heterocycles. The quantitative estimate of drug-likeness (QED) is 0.449. The van der Waals surface area contributed by atoms with Gasteiger partial charge in [-0.1, -0.05) is 30.8 Å². The molecule has 0 radical (unpaired) electrons. The van der Waals surface area contributed by atoms with Gasteiger partial charge in [0.1, 0.15) is 5.82 Å². The van der Waals surface area contributed by atoms with Gasteiger partial charge in [0, 0.05) is 33.2 Å². The van der Waals surface area contributed by atoms with Crippen LogP contribution in [0.15, 0.2) is 28.6 Å².